The summed E-state index contributed by atoms with van der Waals surface area (Å²) in [5, 5.41) is 7.29. The fourth-order valence-electron chi connectivity index (χ4n) is 3.28. The average molecular weight is 323 g/mol. The van der Waals surface area contributed by atoms with E-state index >= 15 is 0 Å². The number of nitrogens with one attached hydrogen (secondary N) is 1. The van der Waals surface area contributed by atoms with Gasteiger partial charge in [-0.3, -0.25) is 4.79 Å². The molecule has 1 heterocycles. The minimum atomic E-state index is -0.0484. The van der Waals surface area contributed by atoms with Crippen LogP contribution in [0.3, 0.4) is 0 Å². The summed E-state index contributed by atoms with van der Waals surface area (Å²) in [5.74, 6) is -0.0484. The van der Waals surface area contributed by atoms with Gasteiger partial charge >= 0.3 is 0 Å². The molecule has 1 unspecified atom stereocenters. The van der Waals surface area contributed by atoms with Gasteiger partial charge in [-0.05, 0) is 60.5 Å². The van der Waals surface area contributed by atoms with E-state index < -0.39 is 0 Å². The molecule has 3 aromatic rings. The smallest absolute Gasteiger partial charge is 0.253 e. The minimum Gasteiger partial charge on any atom is -0.349 e. The number of carbonyl (C=O) groups is 1. The van der Waals surface area contributed by atoms with Gasteiger partial charge in [0.1, 0.15) is 5.52 Å². The lowest BCUT2D eigenvalue weighted by molar-refractivity contribution is 0.0936. The van der Waals surface area contributed by atoms with Gasteiger partial charge in [0.2, 0.25) is 0 Å². The Morgan fingerprint density at radius 2 is 2.00 bits per heavy atom. The SMILES string of the molecule is O=C(NC1CCCc2ccccc2C1)c1cccc2snnc12. The quantitative estimate of drug-likeness (QED) is 0.736. The van der Waals surface area contributed by atoms with Crippen LogP contribution in [0.4, 0.5) is 0 Å². The Kier molecular flexibility index (Phi) is 3.79. The molecule has 0 saturated heterocycles. The molecule has 1 N–H and O–H groups in total. The predicted molar refractivity (Wildman–Crippen MR) is 91.8 cm³/mol. The molecule has 1 aliphatic carbocycles. The minimum absolute atomic E-state index is 0.0484. The van der Waals surface area contributed by atoms with Crippen molar-refractivity contribution in [3.8, 4) is 0 Å². The number of aryl methyl sites for hydroxylation is 1. The second kappa shape index (κ2) is 6.08. The van der Waals surface area contributed by atoms with E-state index in [2.05, 4.69) is 39.2 Å². The van der Waals surface area contributed by atoms with Gasteiger partial charge in [0.15, 0.2) is 0 Å². The van der Waals surface area contributed by atoms with Crippen LogP contribution < -0.4 is 5.32 Å². The predicted octanol–water partition coefficient (Wildman–Crippen LogP) is 3.37. The summed E-state index contributed by atoms with van der Waals surface area (Å²) < 4.78 is 4.90. The highest BCUT2D eigenvalue weighted by molar-refractivity contribution is 7.13. The summed E-state index contributed by atoms with van der Waals surface area (Å²) >= 11 is 1.32. The number of hydrogen-bond acceptors (Lipinski definition) is 4. The van der Waals surface area contributed by atoms with Crippen molar-refractivity contribution in [1.82, 2.24) is 14.9 Å². The molecule has 5 heteroatoms. The lowest BCUT2D eigenvalue weighted by Crippen LogP contribution is -2.36. The van der Waals surface area contributed by atoms with E-state index in [4.69, 9.17) is 0 Å². The van der Waals surface area contributed by atoms with Gasteiger partial charge in [0.05, 0.1) is 10.3 Å². The van der Waals surface area contributed by atoms with E-state index in [-0.39, 0.29) is 11.9 Å². The maximum atomic E-state index is 12.7. The van der Waals surface area contributed by atoms with Crippen LogP contribution in [-0.2, 0) is 12.8 Å². The Labute approximate surface area is 138 Å². The highest BCUT2D eigenvalue weighted by atomic mass is 32.1. The third-order valence-corrected chi connectivity index (χ3v) is 5.13. The van der Waals surface area contributed by atoms with Crippen molar-refractivity contribution in [1.29, 1.82) is 0 Å². The molecule has 0 fully saturated rings. The first-order chi connectivity index (χ1) is 11.3. The van der Waals surface area contributed by atoms with Gasteiger partial charge in [0, 0.05) is 6.04 Å². The first-order valence-corrected chi connectivity index (χ1v) is 8.67. The average Bonchev–Trinajstić information content (AvgIpc) is 2.95. The second-order valence-electron chi connectivity index (χ2n) is 5.96. The number of fused-ring (bicyclic) bond motifs is 2. The number of amides is 1. The van der Waals surface area contributed by atoms with Gasteiger partial charge in [-0.1, -0.05) is 34.8 Å². The van der Waals surface area contributed by atoms with Crippen LogP contribution in [0.1, 0.15) is 34.3 Å². The molecule has 1 atom stereocenters. The highest BCUT2D eigenvalue weighted by Crippen LogP contribution is 2.22. The van der Waals surface area contributed by atoms with Crippen LogP contribution in [0.15, 0.2) is 42.5 Å². The molecular weight excluding hydrogens is 306 g/mol. The van der Waals surface area contributed by atoms with Crippen LogP contribution in [-0.4, -0.2) is 21.5 Å². The molecule has 0 spiro atoms. The third-order valence-electron chi connectivity index (χ3n) is 4.44. The Morgan fingerprint density at radius 1 is 1.13 bits per heavy atom. The first-order valence-electron chi connectivity index (χ1n) is 7.90. The lowest BCUT2D eigenvalue weighted by Gasteiger charge is -2.17. The molecule has 0 saturated carbocycles. The number of rotatable bonds is 2. The van der Waals surface area contributed by atoms with E-state index in [1.54, 1.807) is 0 Å². The molecule has 23 heavy (non-hydrogen) atoms. The fraction of sp³-hybridized carbons (Fsp3) is 0.278. The summed E-state index contributed by atoms with van der Waals surface area (Å²) in [6, 6.07) is 14.4. The summed E-state index contributed by atoms with van der Waals surface area (Å²) in [5.41, 5.74) is 4.08. The summed E-state index contributed by atoms with van der Waals surface area (Å²) in [7, 11) is 0. The van der Waals surface area contributed by atoms with E-state index in [1.807, 2.05) is 18.2 Å². The molecule has 4 rings (SSSR count). The number of aromatic nitrogens is 2. The molecule has 1 aromatic heterocycles. The number of nitrogens with zero attached hydrogens (tertiary/aromatic N) is 2. The zero-order chi connectivity index (χ0) is 15.6. The lowest BCUT2D eigenvalue weighted by atomic mass is 10.0. The van der Waals surface area contributed by atoms with Gasteiger partial charge < -0.3 is 5.32 Å². The highest BCUT2D eigenvalue weighted by Gasteiger charge is 2.20. The number of benzene rings is 2. The number of carbonyl (C=O) groups excluding carboxylic acids is 1. The first kappa shape index (κ1) is 14.3. The van der Waals surface area contributed by atoms with Crippen LogP contribution >= 0.6 is 11.5 Å². The van der Waals surface area contributed by atoms with E-state index in [1.165, 1.54) is 22.7 Å². The zero-order valence-electron chi connectivity index (χ0n) is 12.7. The summed E-state index contributed by atoms with van der Waals surface area (Å²) in [4.78, 5) is 12.7. The maximum Gasteiger partial charge on any atom is 0.253 e. The van der Waals surface area contributed by atoms with E-state index in [0.717, 1.165) is 30.4 Å². The van der Waals surface area contributed by atoms with Crippen LogP contribution in [0, 0.1) is 0 Å². The fourth-order valence-corrected chi connectivity index (χ4v) is 3.87. The topological polar surface area (TPSA) is 54.9 Å². The van der Waals surface area contributed by atoms with E-state index in [0.29, 0.717) is 11.1 Å². The Bertz CT molecular complexity index is 858. The Hall–Kier alpha value is -2.27. The van der Waals surface area contributed by atoms with Crippen molar-refractivity contribution in [2.75, 3.05) is 0 Å². The van der Waals surface area contributed by atoms with Gasteiger partial charge in [-0.2, -0.15) is 0 Å². The van der Waals surface area contributed by atoms with Crippen LogP contribution in [0.25, 0.3) is 10.2 Å². The van der Waals surface area contributed by atoms with E-state index in [9.17, 15) is 4.79 Å². The van der Waals surface area contributed by atoms with Gasteiger partial charge in [0.25, 0.3) is 5.91 Å². The summed E-state index contributed by atoms with van der Waals surface area (Å²) in [6.07, 6.45) is 4.09. The standard InChI is InChI=1S/C18H17N3OS/c22-18(15-9-4-10-16-17(15)20-21-23-16)19-14-8-3-7-12-5-1-2-6-13(12)11-14/h1-2,4-6,9-10,14H,3,7-8,11H2,(H,19,22). The van der Waals surface area contributed by atoms with Crippen LogP contribution in [0.2, 0.25) is 0 Å². The number of hydrogen-bond donors (Lipinski definition) is 1. The van der Waals surface area contributed by atoms with Crippen molar-refractivity contribution in [3.05, 3.63) is 59.2 Å². The zero-order valence-corrected chi connectivity index (χ0v) is 13.5. The van der Waals surface area contributed by atoms with Crippen molar-refractivity contribution >= 4 is 27.7 Å². The van der Waals surface area contributed by atoms with Crippen molar-refractivity contribution in [2.24, 2.45) is 0 Å². The van der Waals surface area contributed by atoms with Crippen molar-refractivity contribution in [2.45, 2.75) is 31.7 Å². The normalized spacial score (nSPS) is 17.5. The van der Waals surface area contributed by atoms with Gasteiger partial charge in [-0.15, -0.1) is 5.10 Å². The molecule has 0 aliphatic heterocycles. The maximum absolute atomic E-state index is 12.7. The molecule has 1 amide bonds. The Balaban J connectivity index is 1.56. The molecule has 2 aromatic carbocycles. The van der Waals surface area contributed by atoms with Crippen molar-refractivity contribution < 1.29 is 4.79 Å². The molecule has 0 radical (unpaired) electrons. The largest absolute Gasteiger partial charge is 0.349 e. The third kappa shape index (κ3) is 2.84. The van der Waals surface area contributed by atoms with Gasteiger partial charge in [-0.25, -0.2) is 0 Å². The molecule has 4 nitrogen and oxygen atoms in total. The Morgan fingerprint density at radius 3 is 2.91 bits per heavy atom. The second-order valence-corrected chi connectivity index (χ2v) is 6.75. The van der Waals surface area contributed by atoms with Crippen molar-refractivity contribution in [3.63, 3.8) is 0 Å². The molecule has 1 aliphatic rings. The molecule has 0 bridgehead atoms. The molecular formula is C18H17N3OS. The monoisotopic (exact) mass is 323 g/mol. The summed E-state index contributed by atoms with van der Waals surface area (Å²) in [6.45, 7) is 0. The van der Waals surface area contributed by atoms with Crippen LogP contribution in [0.5, 0.6) is 0 Å². The molecule has 116 valence electrons.